The van der Waals surface area contributed by atoms with Crippen molar-refractivity contribution in [2.45, 2.75) is 45.6 Å². The number of rotatable bonds is 14. The highest BCUT2D eigenvalue weighted by molar-refractivity contribution is 5.20. The van der Waals surface area contributed by atoms with Crippen LogP contribution in [0.3, 0.4) is 0 Å². The molecule has 0 saturated carbocycles. The van der Waals surface area contributed by atoms with Gasteiger partial charge in [0.1, 0.15) is 5.76 Å². The Bertz CT molecular complexity index is 506. The van der Waals surface area contributed by atoms with Gasteiger partial charge in [0.2, 0.25) is 0 Å². The van der Waals surface area contributed by atoms with Crippen LogP contribution in [0.1, 0.15) is 39.5 Å². The van der Waals surface area contributed by atoms with E-state index < -0.39 is 6.10 Å². The largest absolute Gasteiger partial charge is 0.494 e. The molecule has 0 aliphatic carbocycles. The topological polar surface area (TPSA) is 29.5 Å². The maximum atomic E-state index is 10.1. The second-order valence-electron chi connectivity index (χ2n) is 5.70. The lowest BCUT2D eigenvalue weighted by molar-refractivity contribution is 0.177. The first kappa shape index (κ1) is 22.9. The number of aliphatic hydroxyl groups excluding tert-OH is 1. The van der Waals surface area contributed by atoms with Crippen molar-refractivity contribution in [1.29, 1.82) is 0 Å². The third-order valence-electron chi connectivity index (χ3n) is 3.53. The molecule has 0 saturated heterocycles. The number of ether oxygens (including phenoxy) is 1. The van der Waals surface area contributed by atoms with E-state index in [4.69, 9.17) is 4.74 Å². The second-order valence-corrected chi connectivity index (χ2v) is 5.70. The van der Waals surface area contributed by atoms with Crippen LogP contribution < -0.4 is 0 Å². The van der Waals surface area contributed by atoms with Gasteiger partial charge in [0, 0.05) is 5.92 Å². The Labute approximate surface area is 154 Å². The van der Waals surface area contributed by atoms with Crippen molar-refractivity contribution in [2.75, 3.05) is 6.61 Å². The highest BCUT2D eigenvalue weighted by atomic mass is 16.5. The molecule has 0 aromatic heterocycles. The average molecular weight is 343 g/mol. The minimum atomic E-state index is -0.572. The van der Waals surface area contributed by atoms with Crippen molar-refractivity contribution in [3.63, 3.8) is 0 Å². The molecule has 0 aliphatic heterocycles. The fraction of sp³-hybridized carbons (Fsp3) is 0.391. The highest BCUT2D eigenvalue weighted by Crippen LogP contribution is 2.18. The normalized spacial score (nSPS) is 14.9. The first-order valence-corrected chi connectivity index (χ1v) is 9.02. The van der Waals surface area contributed by atoms with E-state index in [1.165, 1.54) is 0 Å². The highest BCUT2D eigenvalue weighted by Gasteiger charge is 2.13. The van der Waals surface area contributed by atoms with Gasteiger partial charge in [-0.2, -0.15) is 0 Å². The van der Waals surface area contributed by atoms with Crippen LogP contribution in [0.25, 0.3) is 0 Å². The Hall–Kier alpha value is -2.06. The van der Waals surface area contributed by atoms with Crippen LogP contribution in [0.5, 0.6) is 0 Å². The Morgan fingerprint density at radius 2 is 1.84 bits per heavy atom. The van der Waals surface area contributed by atoms with Gasteiger partial charge in [-0.1, -0.05) is 68.2 Å². The lowest BCUT2D eigenvalue weighted by atomic mass is 9.93. The third kappa shape index (κ3) is 12.0. The van der Waals surface area contributed by atoms with Gasteiger partial charge in [0.25, 0.3) is 0 Å². The van der Waals surface area contributed by atoms with Gasteiger partial charge in [-0.3, -0.25) is 0 Å². The maximum Gasteiger partial charge on any atom is 0.114 e. The fourth-order valence-electron chi connectivity index (χ4n) is 2.26. The van der Waals surface area contributed by atoms with Gasteiger partial charge in [-0.25, -0.2) is 0 Å². The van der Waals surface area contributed by atoms with E-state index in [0.717, 1.165) is 30.6 Å². The van der Waals surface area contributed by atoms with Crippen molar-refractivity contribution < 1.29 is 9.84 Å². The van der Waals surface area contributed by atoms with Crippen molar-refractivity contribution in [3.8, 4) is 0 Å². The van der Waals surface area contributed by atoms with E-state index in [0.29, 0.717) is 13.0 Å². The molecule has 2 heteroatoms. The van der Waals surface area contributed by atoms with Crippen molar-refractivity contribution in [1.82, 2.24) is 0 Å². The smallest absolute Gasteiger partial charge is 0.114 e. The quantitative estimate of drug-likeness (QED) is 0.180. The molecule has 0 bridgehead atoms. The zero-order valence-corrected chi connectivity index (χ0v) is 15.9. The van der Waals surface area contributed by atoms with Crippen LogP contribution in [0.2, 0.25) is 0 Å². The summed E-state index contributed by atoms with van der Waals surface area (Å²) in [5.41, 5.74) is 0.960. The fourth-order valence-corrected chi connectivity index (χ4v) is 2.26. The van der Waals surface area contributed by atoms with E-state index in [-0.39, 0.29) is 5.92 Å². The molecular weight excluding hydrogens is 308 g/mol. The zero-order chi connectivity index (χ0) is 18.9. The third-order valence-corrected chi connectivity index (χ3v) is 3.53. The Morgan fingerprint density at radius 3 is 2.44 bits per heavy atom. The summed E-state index contributed by atoms with van der Waals surface area (Å²) in [5, 5.41) is 10.1. The molecule has 0 heterocycles. The van der Waals surface area contributed by atoms with Crippen molar-refractivity contribution in [3.05, 3.63) is 85.8 Å². The molecule has 138 valence electrons. The van der Waals surface area contributed by atoms with E-state index in [1.807, 2.05) is 25.2 Å². The van der Waals surface area contributed by atoms with Gasteiger partial charge in [0.15, 0.2) is 0 Å². The number of unbranched alkanes of at least 4 members (excludes halogenated alkanes) is 1. The Balaban J connectivity index is 4.53. The van der Waals surface area contributed by atoms with E-state index in [9.17, 15) is 5.11 Å². The summed E-state index contributed by atoms with van der Waals surface area (Å²) < 4.78 is 5.54. The zero-order valence-electron chi connectivity index (χ0n) is 15.9. The molecule has 1 N–H and O–H groups in total. The van der Waals surface area contributed by atoms with E-state index in [1.54, 1.807) is 12.2 Å². The molecule has 0 aromatic rings. The van der Waals surface area contributed by atoms with Gasteiger partial charge < -0.3 is 9.84 Å². The van der Waals surface area contributed by atoms with Crippen LogP contribution >= 0.6 is 0 Å². The average Bonchev–Trinajstić information content (AvgIpc) is 2.61. The first-order valence-electron chi connectivity index (χ1n) is 9.02. The minimum Gasteiger partial charge on any atom is -0.494 e. The Morgan fingerprint density at radius 1 is 1.12 bits per heavy atom. The summed E-state index contributed by atoms with van der Waals surface area (Å²) in [7, 11) is 0. The van der Waals surface area contributed by atoms with Gasteiger partial charge in [-0.05, 0) is 44.8 Å². The van der Waals surface area contributed by atoms with Crippen molar-refractivity contribution in [2.24, 2.45) is 5.92 Å². The van der Waals surface area contributed by atoms with Crippen LogP contribution in [0.15, 0.2) is 85.8 Å². The molecule has 25 heavy (non-hydrogen) atoms. The number of hydrogen-bond acceptors (Lipinski definition) is 2. The van der Waals surface area contributed by atoms with E-state index in [2.05, 4.69) is 51.0 Å². The molecule has 0 aromatic carbocycles. The number of allylic oxidation sites excluding steroid dienone is 8. The monoisotopic (exact) mass is 342 g/mol. The Kier molecular flexibility index (Phi) is 14.2. The summed E-state index contributed by atoms with van der Waals surface area (Å²) >= 11 is 0. The molecule has 0 spiro atoms. The molecule has 1 unspecified atom stereocenters. The van der Waals surface area contributed by atoms with Gasteiger partial charge in [0.05, 0.1) is 12.7 Å². The van der Waals surface area contributed by atoms with Crippen LogP contribution in [0.4, 0.5) is 0 Å². The maximum absolute atomic E-state index is 10.1. The second kappa shape index (κ2) is 15.5. The molecule has 2 nitrogen and oxygen atoms in total. The lowest BCUT2D eigenvalue weighted by Crippen LogP contribution is -2.16. The molecule has 0 radical (unpaired) electrons. The van der Waals surface area contributed by atoms with Crippen molar-refractivity contribution >= 4 is 0 Å². The van der Waals surface area contributed by atoms with Gasteiger partial charge >= 0.3 is 0 Å². The number of hydrogen-bond donors (Lipinski definition) is 1. The van der Waals surface area contributed by atoms with E-state index >= 15 is 0 Å². The molecular formula is C23H34O2. The molecule has 0 rings (SSSR count). The summed E-state index contributed by atoms with van der Waals surface area (Å²) in [4.78, 5) is 0. The lowest BCUT2D eigenvalue weighted by Gasteiger charge is -2.16. The summed E-state index contributed by atoms with van der Waals surface area (Å²) in [5.74, 6) is 0.918. The summed E-state index contributed by atoms with van der Waals surface area (Å²) in [6, 6.07) is 0. The van der Waals surface area contributed by atoms with Crippen LogP contribution in [-0.4, -0.2) is 17.8 Å². The molecule has 0 amide bonds. The predicted octanol–water partition coefficient (Wildman–Crippen LogP) is 6.06. The SMILES string of the molecule is C=C/C=C\C(=C)C[C@H](/C=C/CC/C=C\C(=C/CC)OCC)C(O)C=C. The van der Waals surface area contributed by atoms with Crippen LogP contribution in [0, 0.1) is 5.92 Å². The minimum absolute atomic E-state index is 0.0117. The first-order chi connectivity index (χ1) is 12.1. The standard InChI is InChI=1S/C23H34O2/c1-6-10-16-20(5)19-21(23(24)8-3)17-13-11-12-14-18-22(15-7-2)25-9-4/h6,8,10,13-18,21,23-24H,1,3,5,7,9,11-12,19H2,2,4H3/b16-10-,17-13+,18-14-,22-15+/t21-,23?/m0/s1. The predicted molar refractivity (Wildman–Crippen MR) is 110 cm³/mol. The summed E-state index contributed by atoms with van der Waals surface area (Å²) in [6.45, 7) is 16.1. The molecule has 2 atom stereocenters. The molecule has 0 aliphatic rings. The van der Waals surface area contributed by atoms with Crippen LogP contribution in [-0.2, 0) is 4.74 Å². The molecule has 0 fully saturated rings. The van der Waals surface area contributed by atoms with Gasteiger partial charge in [-0.15, -0.1) is 6.58 Å². The summed E-state index contributed by atoms with van der Waals surface area (Å²) in [6.07, 6.45) is 20.4. The number of aliphatic hydroxyl groups is 1.